The van der Waals surface area contributed by atoms with E-state index in [1.165, 1.54) is 35.4 Å². The third kappa shape index (κ3) is 3.04. The van der Waals surface area contributed by atoms with E-state index >= 15 is 0 Å². The number of hydrogen-bond acceptors (Lipinski definition) is 6. The van der Waals surface area contributed by atoms with Gasteiger partial charge in [-0.2, -0.15) is 0 Å². The summed E-state index contributed by atoms with van der Waals surface area (Å²) in [6.45, 7) is 2.01. The molecule has 29 heavy (non-hydrogen) atoms. The normalized spacial score (nSPS) is 11.1. The monoisotopic (exact) mass is 385 g/mol. The number of benzene rings is 1. The molecule has 8 nitrogen and oxygen atoms in total. The second-order valence-electron chi connectivity index (χ2n) is 6.34. The predicted molar refractivity (Wildman–Crippen MR) is 108 cm³/mol. The van der Waals surface area contributed by atoms with Crippen LogP contribution in [0.2, 0.25) is 0 Å². The number of fused-ring (bicyclic) bond motifs is 2. The number of halogens is 1. The van der Waals surface area contributed by atoms with Crippen molar-refractivity contribution in [2.24, 2.45) is 0 Å². The maximum atomic E-state index is 13.7. The number of rotatable bonds is 4. The van der Waals surface area contributed by atoms with Gasteiger partial charge in [0, 0.05) is 0 Å². The van der Waals surface area contributed by atoms with Crippen molar-refractivity contribution in [3.8, 4) is 5.58 Å². The van der Waals surface area contributed by atoms with Crippen LogP contribution in [0.4, 0.5) is 10.2 Å². The summed E-state index contributed by atoms with van der Waals surface area (Å²) in [7, 11) is 0. The van der Waals surface area contributed by atoms with Crippen LogP contribution in [0.1, 0.15) is 5.82 Å². The van der Waals surface area contributed by atoms with Gasteiger partial charge in [-0.25, -0.2) is 0 Å². The Balaban J connectivity index is 1.65. The minimum atomic E-state index is -0.482. The molecule has 0 amide bonds. The van der Waals surface area contributed by atoms with Gasteiger partial charge in [0.2, 0.25) is 0 Å². The molecule has 0 atom stereocenters. The van der Waals surface area contributed by atoms with Gasteiger partial charge in [-0.15, -0.1) is 0 Å². The molecule has 0 fully saturated rings. The van der Waals surface area contributed by atoms with Crippen molar-refractivity contribution in [2.75, 3.05) is 5.32 Å². The molecular weight excluding hydrogens is 372 g/mol. The first-order valence-electron chi connectivity index (χ1n) is 8.85. The van der Waals surface area contributed by atoms with Gasteiger partial charge in [-0.1, -0.05) is 0 Å². The molecule has 0 spiro atoms. The summed E-state index contributed by atoms with van der Waals surface area (Å²) < 4.78 is 15.2. The van der Waals surface area contributed by atoms with E-state index in [4.69, 9.17) is 0 Å². The number of aromatic nitrogens is 6. The first-order valence-corrected chi connectivity index (χ1v) is 8.85. The summed E-state index contributed by atoms with van der Waals surface area (Å²) in [6.07, 6.45) is 2.94. The molecule has 0 radical (unpaired) electrons. The van der Waals surface area contributed by atoms with E-state index in [-0.39, 0.29) is 17.5 Å². The van der Waals surface area contributed by atoms with Crippen LogP contribution in [0.15, 0.2) is 59.8 Å². The Morgan fingerprint density at radius 1 is 1.17 bits per heavy atom. The standard InChI is InChI=1S/C19H13BFN7O/c21-11-4-5-13-12(7-11)19(29)28(14-3-1-2-6-20-14)15(27-13)8-22-17-16-18(24-9-23-16)26-10-25-17/h1-7,9-10H,8H2,(H2,22,23,24,25,26). The zero-order valence-electron chi connectivity index (χ0n) is 15.0. The quantitative estimate of drug-likeness (QED) is 0.492. The Hall–Kier alpha value is -3.95. The van der Waals surface area contributed by atoms with Crippen LogP contribution in [-0.2, 0) is 6.54 Å². The summed E-state index contributed by atoms with van der Waals surface area (Å²) in [4.78, 5) is 33.2. The minimum absolute atomic E-state index is 0.211. The summed E-state index contributed by atoms with van der Waals surface area (Å²) in [5.41, 5.74) is 1.91. The first kappa shape index (κ1) is 17.2. The topological polar surface area (TPSA) is 101 Å². The van der Waals surface area contributed by atoms with Crippen LogP contribution < -0.4 is 10.9 Å². The summed E-state index contributed by atoms with van der Waals surface area (Å²) in [5.74, 6) is 2.35. The zero-order valence-corrected chi connectivity index (χ0v) is 15.0. The van der Waals surface area contributed by atoms with Crippen LogP contribution >= 0.6 is 0 Å². The van der Waals surface area contributed by atoms with E-state index in [0.717, 1.165) is 0 Å². The molecule has 0 bridgehead atoms. The number of H-pyrrole nitrogens is 1. The summed E-state index contributed by atoms with van der Waals surface area (Å²) >= 11 is 0. The van der Waals surface area contributed by atoms with Crippen molar-refractivity contribution < 1.29 is 4.39 Å². The molecular formula is C19H13BFN7O. The fourth-order valence-electron chi connectivity index (χ4n) is 3.23. The molecule has 0 unspecified atom stereocenters. The second kappa shape index (κ2) is 6.90. The Morgan fingerprint density at radius 2 is 2.10 bits per heavy atom. The first-order chi connectivity index (χ1) is 14.2. The molecule has 1 aromatic carbocycles. The van der Waals surface area contributed by atoms with Crippen LogP contribution in [0, 0.1) is 5.82 Å². The van der Waals surface area contributed by atoms with E-state index in [9.17, 15) is 9.18 Å². The third-order valence-electron chi connectivity index (χ3n) is 4.55. The third-order valence-corrected chi connectivity index (χ3v) is 4.55. The van der Waals surface area contributed by atoms with Crippen LogP contribution in [0.3, 0.4) is 0 Å². The van der Waals surface area contributed by atoms with Gasteiger partial charge in [-0.05, 0) is 0 Å². The fourth-order valence-corrected chi connectivity index (χ4v) is 3.23. The molecule has 0 aliphatic heterocycles. The van der Waals surface area contributed by atoms with Gasteiger partial charge < -0.3 is 0 Å². The van der Waals surface area contributed by atoms with Gasteiger partial charge in [0.1, 0.15) is 0 Å². The molecule has 4 heterocycles. The molecule has 0 aliphatic carbocycles. The van der Waals surface area contributed by atoms with Crippen molar-refractivity contribution in [1.82, 2.24) is 29.5 Å². The second-order valence-corrected chi connectivity index (χ2v) is 6.34. The average molecular weight is 385 g/mol. The molecule has 10 heteroatoms. The van der Waals surface area contributed by atoms with Gasteiger partial charge >= 0.3 is 163 Å². The van der Waals surface area contributed by atoms with Crippen LogP contribution in [0.25, 0.3) is 27.6 Å². The van der Waals surface area contributed by atoms with E-state index in [1.54, 1.807) is 13.0 Å². The van der Waals surface area contributed by atoms with E-state index in [0.29, 0.717) is 33.9 Å². The predicted octanol–water partition coefficient (Wildman–Crippen LogP) is 2.14. The summed E-state index contributed by atoms with van der Waals surface area (Å²) in [6, 6.07) is 9.49. The average Bonchev–Trinajstić information content (AvgIpc) is 3.23. The molecule has 0 aliphatic rings. The Kier molecular flexibility index (Phi) is 4.08. The zero-order chi connectivity index (χ0) is 19.8. The molecule has 5 aromatic rings. The van der Waals surface area contributed by atoms with Crippen molar-refractivity contribution in [1.29, 1.82) is 0 Å². The van der Waals surface area contributed by atoms with Crippen molar-refractivity contribution >= 4 is 34.8 Å². The van der Waals surface area contributed by atoms with Gasteiger partial charge in [0.05, 0.1) is 0 Å². The van der Waals surface area contributed by atoms with Crippen molar-refractivity contribution in [3.63, 3.8) is 0 Å². The van der Waals surface area contributed by atoms with Gasteiger partial charge in [0.15, 0.2) is 0 Å². The van der Waals surface area contributed by atoms with Crippen LogP contribution in [0.5, 0.6) is 0 Å². The number of nitrogens with zero attached hydrogens (tertiary/aromatic N) is 5. The van der Waals surface area contributed by atoms with Gasteiger partial charge in [-0.3, -0.25) is 0 Å². The number of hydrogen-bond donors (Lipinski definition) is 2. The molecule has 140 valence electrons. The van der Waals surface area contributed by atoms with Crippen molar-refractivity contribution in [3.05, 3.63) is 77.0 Å². The number of imidazole rings is 1. The molecule has 0 saturated heterocycles. The number of anilines is 1. The Labute approximate surface area is 163 Å². The maximum absolute atomic E-state index is 13.7. The number of aromatic amines is 1. The summed E-state index contributed by atoms with van der Waals surface area (Å²) in [5, 5.41) is 3.40. The van der Waals surface area contributed by atoms with Gasteiger partial charge in [0.25, 0.3) is 0 Å². The molecule has 0 saturated carbocycles. The SMILES string of the molecule is O=c1c2cc(F)ccc2nc(CNc2ncnc3nc[nH]c23)n1-c1bcccc1. The van der Waals surface area contributed by atoms with Crippen molar-refractivity contribution in [2.45, 2.75) is 6.54 Å². The molecule has 4 aromatic heterocycles. The fraction of sp³-hybridized carbons (Fsp3) is 0.0526. The Bertz CT molecular complexity index is 1400. The van der Waals surface area contributed by atoms with E-state index in [2.05, 4.69) is 30.2 Å². The molecule has 2 N–H and O–H groups in total. The van der Waals surface area contributed by atoms with E-state index < -0.39 is 5.82 Å². The van der Waals surface area contributed by atoms with E-state index in [1.807, 2.05) is 18.1 Å². The molecule has 5 rings (SSSR count). The van der Waals surface area contributed by atoms with Crippen LogP contribution in [-0.4, -0.2) is 36.4 Å². The number of nitrogens with one attached hydrogen (secondary N) is 2. The Morgan fingerprint density at radius 3 is 2.97 bits per heavy atom.